The van der Waals surface area contributed by atoms with Crippen LogP contribution < -0.4 is 5.32 Å². The van der Waals surface area contributed by atoms with Crippen LogP contribution in [0.25, 0.3) is 10.8 Å². The summed E-state index contributed by atoms with van der Waals surface area (Å²) in [7, 11) is -9.99. The second-order valence-electron chi connectivity index (χ2n) is 9.03. The second kappa shape index (κ2) is 11.5. The molecule has 0 aliphatic heterocycles. The Hall–Kier alpha value is -4.28. The molecule has 0 saturated carbocycles. The summed E-state index contributed by atoms with van der Waals surface area (Å²) >= 11 is 5.80. The third kappa shape index (κ3) is 6.78. The lowest BCUT2D eigenvalue weighted by atomic mass is 10.1. The number of anilines is 1. The van der Waals surface area contributed by atoms with Crippen LogP contribution in [0.15, 0.2) is 84.8 Å². The molecule has 0 unspecified atom stereocenters. The molecule has 16 heteroatoms. The molecule has 4 aromatic carbocycles. The molecule has 0 atom stereocenters. The molecule has 13 nitrogen and oxygen atoms in total. The van der Waals surface area contributed by atoms with Crippen molar-refractivity contribution >= 4 is 77.0 Å². The van der Waals surface area contributed by atoms with Crippen molar-refractivity contribution in [2.75, 3.05) is 5.32 Å². The van der Waals surface area contributed by atoms with E-state index in [2.05, 4.69) is 25.8 Å². The number of aromatic hydroxyl groups is 1. The van der Waals surface area contributed by atoms with Crippen molar-refractivity contribution < 1.29 is 35.8 Å². The average Bonchev–Trinajstić information content (AvgIpc) is 2.87. The summed E-state index contributed by atoms with van der Waals surface area (Å²) in [5.74, 6) is -0.976. The standard InChI is InChI=1S/C26H22ClN5O8S2/c1-13-9-22(14(2)8-21(13)30-29-20-7-4-17(27)12-23(20)41(35,36)37)31-32-25-24(42(38,39)40)11-16-10-18(28-15(3)33)5-6-19(16)26(25)34/h4-12,34H,1-3H3,(H,28,33)(H,35,36,37)(H,38,39,40)/p-2. The van der Waals surface area contributed by atoms with E-state index in [-0.39, 0.29) is 33.1 Å². The number of halogens is 1. The molecule has 0 radical (unpaired) electrons. The molecule has 218 valence electrons. The number of rotatable bonds is 7. The predicted molar refractivity (Wildman–Crippen MR) is 152 cm³/mol. The molecule has 42 heavy (non-hydrogen) atoms. The van der Waals surface area contributed by atoms with Gasteiger partial charge in [0, 0.05) is 23.0 Å². The van der Waals surface area contributed by atoms with Crippen LogP contribution in [0, 0.1) is 13.8 Å². The molecule has 0 aliphatic rings. The molecule has 0 saturated heterocycles. The Bertz CT molecular complexity index is 2050. The van der Waals surface area contributed by atoms with Gasteiger partial charge in [0.2, 0.25) is 5.91 Å². The number of phenolic OH excluding ortho intramolecular Hbond substituents is 1. The lowest BCUT2D eigenvalue weighted by Gasteiger charge is -2.14. The highest BCUT2D eigenvalue weighted by Crippen LogP contribution is 2.42. The zero-order valence-electron chi connectivity index (χ0n) is 22.0. The Morgan fingerprint density at radius 2 is 1.36 bits per heavy atom. The molecule has 2 N–H and O–H groups in total. The highest BCUT2D eigenvalue weighted by atomic mass is 35.5. The molecule has 0 aliphatic carbocycles. The zero-order chi connectivity index (χ0) is 31.0. The number of benzene rings is 4. The topological polar surface area (TPSA) is 213 Å². The number of fused-ring (bicyclic) bond motifs is 1. The molecule has 0 aromatic heterocycles. The van der Waals surface area contributed by atoms with Gasteiger partial charge in [0.15, 0.2) is 5.75 Å². The van der Waals surface area contributed by atoms with Gasteiger partial charge >= 0.3 is 0 Å². The van der Waals surface area contributed by atoms with E-state index in [1.165, 1.54) is 49.4 Å². The number of carbonyl (C=O) groups is 1. The van der Waals surface area contributed by atoms with Crippen LogP contribution in [0.5, 0.6) is 5.75 Å². The summed E-state index contributed by atoms with van der Waals surface area (Å²) in [6, 6.07) is 11.9. The Morgan fingerprint density at radius 1 is 0.786 bits per heavy atom. The fourth-order valence-corrected chi connectivity index (χ4v) is 5.42. The van der Waals surface area contributed by atoms with Gasteiger partial charge in [0.25, 0.3) is 0 Å². The number of amides is 1. The minimum atomic E-state index is -5.12. The van der Waals surface area contributed by atoms with E-state index in [1.54, 1.807) is 13.8 Å². The highest BCUT2D eigenvalue weighted by Gasteiger charge is 2.18. The Labute approximate surface area is 245 Å². The number of nitrogens with zero attached hydrogens (tertiary/aromatic N) is 4. The van der Waals surface area contributed by atoms with E-state index in [1.807, 2.05) is 0 Å². The summed E-state index contributed by atoms with van der Waals surface area (Å²) in [4.78, 5) is 9.92. The lowest BCUT2D eigenvalue weighted by Crippen LogP contribution is -2.05. The van der Waals surface area contributed by atoms with Crippen molar-refractivity contribution in [3.05, 3.63) is 70.7 Å². The van der Waals surface area contributed by atoms with E-state index in [4.69, 9.17) is 11.6 Å². The average molecular weight is 630 g/mol. The van der Waals surface area contributed by atoms with Crippen molar-refractivity contribution in [1.82, 2.24) is 0 Å². The Kier molecular flexibility index (Phi) is 8.43. The number of hydrogen-bond donors (Lipinski definition) is 2. The number of phenols is 1. The molecule has 1 amide bonds. The molecule has 0 spiro atoms. The van der Waals surface area contributed by atoms with Crippen LogP contribution in [0.3, 0.4) is 0 Å². The van der Waals surface area contributed by atoms with Crippen LogP contribution in [0.4, 0.5) is 28.4 Å². The first kappa shape index (κ1) is 30.7. The normalized spacial score (nSPS) is 12.4. The van der Waals surface area contributed by atoms with Gasteiger partial charge in [-0.15, -0.1) is 10.2 Å². The van der Waals surface area contributed by atoms with Crippen molar-refractivity contribution in [3.8, 4) is 5.75 Å². The van der Waals surface area contributed by atoms with Crippen LogP contribution in [-0.2, 0) is 25.0 Å². The van der Waals surface area contributed by atoms with Gasteiger partial charge in [-0.2, -0.15) is 10.2 Å². The van der Waals surface area contributed by atoms with E-state index >= 15 is 0 Å². The second-order valence-corrected chi connectivity index (χ2v) is 12.2. The Balaban J connectivity index is 1.74. The first-order valence-corrected chi connectivity index (χ1v) is 15.0. The summed E-state index contributed by atoms with van der Waals surface area (Å²) in [5, 5.41) is 29.6. The largest absolute Gasteiger partial charge is 0.744 e. The molecule has 4 aromatic rings. The third-order valence-electron chi connectivity index (χ3n) is 5.87. The van der Waals surface area contributed by atoms with Gasteiger partial charge in [0.1, 0.15) is 31.6 Å². The summed E-state index contributed by atoms with van der Waals surface area (Å²) < 4.78 is 70.9. The smallest absolute Gasteiger partial charge is 0.221 e. The molecular weight excluding hydrogens is 610 g/mol. The molecule has 0 heterocycles. The summed E-state index contributed by atoms with van der Waals surface area (Å²) in [6.07, 6.45) is 0. The first-order chi connectivity index (χ1) is 19.5. The Morgan fingerprint density at radius 3 is 1.93 bits per heavy atom. The van der Waals surface area contributed by atoms with Crippen LogP contribution in [0.1, 0.15) is 18.1 Å². The minimum Gasteiger partial charge on any atom is -0.744 e. The number of nitrogens with one attached hydrogen (secondary N) is 1. The van der Waals surface area contributed by atoms with E-state index in [0.717, 1.165) is 12.1 Å². The number of hydrogen-bond acceptors (Lipinski definition) is 12. The third-order valence-corrected chi connectivity index (χ3v) is 7.82. The lowest BCUT2D eigenvalue weighted by molar-refractivity contribution is -0.114. The number of carbonyl (C=O) groups excluding carboxylic acids is 1. The van der Waals surface area contributed by atoms with Crippen LogP contribution in [-0.4, -0.2) is 37.0 Å². The molecule has 4 rings (SSSR count). The highest BCUT2D eigenvalue weighted by molar-refractivity contribution is 7.86. The van der Waals surface area contributed by atoms with Crippen molar-refractivity contribution in [2.45, 2.75) is 30.6 Å². The fourth-order valence-electron chi connectivity index (χ4n) is 3.90. The first-order valence-electron chi connectivity index (χ1n) is 11.8. The predicted octanol–water partition coefficient (Wildman–Crippen LogP) is 6.41. The van der Waals surface area contributed by atoms with Gasteiger partial charge in [-0.25, -0.2) is 16.8 Å². The van der Waals surface area contributed by atoms with Gasteiger partial charge in [0.05, 0.1) is 21.2 Å². The SMILES string of the molecule is CC(=O)Nc1ccc2c(O)c(N=Nc3cc(C)c(N=Nc4ccc(Cl)cc4S(=O)(=O)[O-])cc3C)c(S(=O)(=O)[O-])cc2c1. The van der Waals surface area contributed by atoms with Gasteiger partial charge in [-0.05, 0) is 85.0 Å². The maximum absolute atomic E-state index is 12.1. The van der Waals surface area contributed by atoms with E-state index < -0.39 is 41.5 Å². The molecular formula is C26H20ClN5O8S2-2. The van der Waals surface area contributed by atoms with Crippen molar-refractivity contribution in [1.29, 1.82) is 0 Å². The van der Waals surface area contributed by atoms with Crippen molar-refractivity contribution in [3.63, 3.8) is 0 Å². The van der Waals surface area contributed by atoms with Crippen LogP contribution in [0.2, 0.25) is 5.02 Å². The minimum absolute atomic E-state index is 0.0326. The van der Waals surface area contributed by atoms with Gasteiger partial charge in [-0.1, -0.05) is 11.6 Å². The zero-order valence-corrected chi connectivity index (χ0v) is 24.4. The van der Waals surface area contributed by atoms with E-state index in [0.29, 0.717) is 22.5 Å². The fraction of sp³-hybridized carbons (Fsp3) is 0.115. The maximum Gasteiger partial charge on any atom is 0.221 e. The van der Waals surface area contributed by atoms with E-state index in [9.17, 15) is 35.8 Å². The monoisotopic (exact) mass is 629 g/mol. The maximum atomic E-state index is 12.1. The number of azo groups is 2. The van der Waals surface area contributed by atoms with Crippen LogP contribution >= 0.6 is 11.6 Å². The quantitative estimate of drug-likeness (QED) is 0.171. The van der Waals surface area contributed by atoms with Gasteiger partial charge in [-0.3, -0.25) is 4.79 Å². The molecule has 0 bridgehead atoms. The summed E-state index contributed by atoms with van der Waals surface area (Å²) in [5.41, 5.74) is 1.03. The number of aryl methyl sites for hydroxylation is 2. The molecule has 0 fully saturated rings. The summed E-state index contributed by atoms with van der Waals surface area (Å²) in [6.45, 7) is 4.54. The van der Waals surface area contributed by atoms with Crippen molar-refractivity contribution in [2.24, 2.45) is 20.5 Å². The van der Waals surface area contributed by atoms with Gasteiger partial charge < -0.3 is 19.5 Å².